The number of nitrogens with one attached hydrogen (secondary N) is 1. The Morgan fingerprint density at radius 2 is 2.04 bits per heavy atom. The summed E-state index contributed by atoms with van der Waals surface area (Å²) in [5, 5.41) is 7.68. The molecule has 1 N–H and O–H groups in total. The fraction of sp³-hybridized carbons (Fsp3) is 0.211. The summed E-state index contributed by atoms with van der Waals surface area (Å²) in [6.45, 7) is 3.81. The number of aromatic nitrogens is 4. The van der Waals surface area contributed by atoms with E-state index in [1.165, 1.54) is 4.52 Å². The van der Waals surface area contributed by atoms with Crippen molar-refractivity contribution in [1.82, 2.24) is 19.8 Å². The zero-order valence-electron chi connectivity index (χ0n) is 14.4. The van der Waals surface area contributed by atoms with E-state index in [4.69, 9.17) is 16.1 Å². The van der Waals surface area contributed by atoms with Crippen LogP contribution < -0.4 is 5.56 Å². The predicted molar refractivity (Wildman–Crippen MR) is 99.6 cm³/mol. The molecule has 3 heterocycles. The Bertz CT molecular complexity index is 1140. The summed E-state index contributed by atoms with van der Waals surface area (Å²) < 4.78 is 6.63. The van der Waals surface area contributed by atoms with Crippen molar-refractivity contribution in [3.05, 3.63) is 74.5 Å². The van der Waals surface area contributed by atoms with Crippen LogP contribution in [0.2, 0.25) is 5.02 Å². The minimum absolute atomic E-state index is 0.142. The zero-order chi connectivity index (χ0) is 18.3. The quantitative estimate of drug-likeness (QED) is 0.595. The summed E-state index contributed by atoms with van der Waals surface area (Å²) in [5.74, 6) is 0.810. The first-order valence-corrected chi connectivity index (χ1v) is 8.68. The summed E-state index contributed by atoms with van der Waals surface area (Å²) >= 11 is 6.05. The van der Waals surface area contributed by atoms with Crippen LogP contribution in [0, 0.1) is 13.8 Å². The molecule has 0 radical (unpaired) electrons. The minimum atomic E-state index is -0.142. The van der Waals surface area contributed by atoms with Gasteiger partial charge in [-0.1, -0.05) is 28.9 Å². The summed E-state index contributed by atoms with van der Waals surface area (Å²) in [4.78, 5) is 17.1. The van der Waals surface area contributed by atoms with E-state index in [-0.39, 0.29) is 5.56 Å². The molecule has 0 unspecified atom stereocenters. The van der Waals surface area contributed by atoms with Crippen molar-refractivity contribution in [2.24, 2.45) is 0 Å². The molecule has 0 saturated carbocycles. The van der Waals surface area contributed by atoms with Crippen molar-refractivity contribution in [2.75, 3.05) is 0 Å². The Kier molecular flexibility index (Phi) is 4.12. The van der Waals surface area contributed by atoms with Gasteiger partial charge in [-0.2, -0.15) is 0 Å². The Morgan fingerprint density at radius 1 is 1.19 bits per heavy atom. The Morgan fingerprint density at radius 3 is 2.77 bits per heavy atom. The maximum Gasteiger partial charge on any atom is 0.272 e. The second-order valence-corrected chi connectivity index (χ2v) is 6.70. The fourth-order valence-electron chi connectivity index (χ4n) is 3.08. The van der Waals surface area contributed by atoms with E-state index >= 15 is 0 Å². The number of nitrogens with zero attached hydrogens (tertiary/aromatic N) is 3. The third kappa shape index (κ3) is 3.04. The van der Waals surface area contributed by atoms with Gasteiger partial charge in [-0.15, -0.1) is 0 Å². The molecule has 1 aromatic carbocycles. The Hall–Kier alpha value is -2.86. The van der Waals surface area contributed by atoms with E-state index in [0.29, 0.717) is 17.1 Å². The van der Waals surface area contributed by atoms with E-state index in [1.54, 1.807) is 6.07 Å². The van der Waals surface area contributed by atoms with Crippen molar-refractivity contribution >= 4 is 17.2 Å². The highest BCUT2D eigenvalue weighted by molar-refractivity contribution is 6.30. The first-order valence-electron chi connectivity index (χ1n) is 8.30. The molecule has 26 heavy (non-hydrogen) atoms. The minimum Gasteiger partial charge on any atom is -0.361 e. The van der Waals surface area contributed by atoms with Gasteiger partial charge in [0, 0.05) is 34.0 Å². The number of benzene rings is 1. The third-order valence-corrected chi connectivity index (χ3v) is 4.69. The van der Waals surface area contributed by atoms with Crippen LogP contribution in [0.15, 0.2) is 45.7 Å². The van der Waals surface area contributed by atoms with Gasteiger partial charge in [0.25, 0.3) is 5.56 Å². The van der Waals surface area contributed by atoms with Gasteiger partial charge in [0.05, 0.1) is 11.4 Å². The van der Waals surface area contributed by atoms with Crippen LogP contribution >= 0.6 is 11.6 Å². The Balaban J connectivity index is 1.67. The predicted octanol–water partition coefficient (Wildman–Crippen LogP) is 3.73. The van der Waals surface area contributed by atoms with Gasteiger partial charge >= 0.3 is 0 Å². The molecule has 6 nitrogen and oxygen atoms in total. The van der Waals surface area contributed by atoms with Gasteiger partial charge in [-0.3, -0.25) is 9.89 Å². The average Bonchev–Trinajstić information content (AvgIpc) is 3.17. The number of fused-ring (bicyclic) bond motifs is 1. The molecule has 0 spiro atoms. The van der Waals surface area contributed by atoms with Gasteiger partial charge in [-0.05, 0) is 38.8 Å². The number of rotatable bonds is 4. The number of H-pyrrole nitrogens is 1. The number of aromatic amines is 1. The van der Waals surface area contributed by atoms with E-state index in [9.17, 15) is 4.79 Å². The maximum atomic E-state index is 12.4. The molecule has 4 rings (SSSR count). The van der Waals surface area contributed by atoms with Crippen LogP contribution in [0.4, 0.5) is 0 Å². The van der Waals surface area contributed by atoms with Crippen molar-refractivity contribution in [3.8, 4) is 11.3 Å². The maximum absolute atomic E-state index is 12.4. The van der Waals surface area contributed by atoms with Crippen molar-refractivity contribution < 1.29 is 4.52 Å². The molecule has 0 fully saturated rings. The van der Waals surface area contributed by atoms with E-state index in [2.05, 4.69) is 15.2 Å². The van der Waals surface area contributed by atoms with Crippen LogP contribution in [0.3, 0.4) is 0 Å². The SMILES string of the molecule is Cc1noc(C)c1CCc1cc(=O)n2[nH]c(-c3cccc(Cl)c3)cc2n1. The fourth-order valence-corrected chi connectivity index (χ4v) is 3.27. The highest BCUT2D eigenvalue weighted by atomic mass is 35.5. The Labute approximate surface area is 154 Å². The number of aryl methyl sites for hydroxylation is 3. The molecule has 0 aliphatic carbocycles. The summed E-state index contributed by atoms with van der Waals surface area (Å²) in [6, 6.07) is 10.9. The number of hydrogen-bond acceptors (Lipinski definition) is 4. The standard InChI is InChI=1S/C19H17ClN4O2/c1-11-16(12(2)26-23-11)7-6-15-9-19(25)24-18(21-15)10-17(22-24)13-4-3-5-14(20)8-13/h3-5,8-10,22H,6-7H2,1-2H3. The lowest BCUT2D eigenvalue weighted by Crippen LogP contribution is -2.15. The lowest BCUT2D eigenvalue weighted by Gasteiger charge is -2.01. The highest BCUT2D eigenvalue weighted by Crippen LogP contribution is 2.22. The van der Waals surface area contributed by atoms with Crippen LogP contribution in [0.5, 0.6) is 0 Å². The topological polar surface area (TPSA) is 76.2 Å². The lowest BCUT2D eigenvalue weighted by atomic mass is 10.1. The molecule has 4 aromatic rings. The van der Waals surface area contributed by atoms with Crippen molar-refractivity contribution in [2.45, 2.75) is 26.7 Å². The lowest BCUT2D eigenvalue weighted by molar-refractivity contribution is 0.392. The molecule has 7 heteroatoms. The largest absolute Gasteiger partial charge is 0.361 e. The summed E-state index contributed by atoms with van der Waals surface area (Å²) in [5.41, 5.74) is 4.83. The molecule has 132 valence electrons. The summed E-state index contributed by atoms with van der Waals surface area (Å²) in [7, 11) is 0. The normalized spacial score (nSPS) is 11.3. The van der Waals surface area contributed by atoms with Crippen molar-refractivity contribution in [3.63, 3.8) is 0 Å². The first kappa shape index (κ1) is 16.6. The smallest absolute Gasteiger partial charge is 0.272 e. The molecule has 0 bridgehead atoms. The molecule has 0 aliphatic rings. The van der Waals surface area contributed by atoms with Gasteiger partial charge < -0.3 is 4.52 Å². The van der Waals surface area contributed by atoms with Crippen LogP contribution in [0.1, 0.15) is 22.7 Å². The van der Waals surface area contributed by atoms with E-state index in [0.717, 1.165) is 40.4 Å². The monoisotopic (exact) mass is 368 g/mol. The van der Waals surface area contributed by atoms with Gasteiger partial charge in [0.2, 0.25) is 0 Å². The zero-order valence-corrected chi connectivity index (χ0v) is 15.2. The number of hydrogen-bond donors (Lipinski definition) is 1. The molecule has 0 aliphatic heterocycles. The van der Waals surface area contributed by atoms with Crippen molar-refractivity contribution in [1.29, 1.82) is 0 Å². The van der Waals surface area contributed by atoms with Crippen LogP contribution in [-0.2, 0) is 12.8 Å². The molecule has 0 amide bonds. The molecule has 0 saturated heterocycles. The third-order valence-electron chi connectivity index (χ3n) is 4.45. The van der Waals surface area contributed by atoms with Crippen LogP contribution in [0.25, 0.3) is 16.9 Å². The van der Waals surface area contributed by atoms with E-state index in [1.807, 2.05) is 44.2 Å². The van der Waals surface area contributed by atoms with Gasteiger partial charge in [0.15, 0.2) is 5.65 Å². The molecular weight excluding hydrogens is 352 g/mol. The first-order chi connectivity index (χ1) is 12.5. The second kappa shape index (κ2) is 6.46. The average molecular weight is 369 g/mol. The second-order valence-electron chi connectivity index (χ2n) is 6.26. The molecule has 0 atom stereocenters. The van der Waals surface area contributed by atoms with Crippen LogP contribution in [-0.4, -0.2) is 19.8 Å². The number of halogens is 1. The highest BCUT2D eigenvalue weighted by Gasteiger charge is 2.12. The van der Waals surface area contributed by atoms with Gasteiger partial charge in [0.1, 0.15) is 5.76 Å². The molecular formula is C19H17ClN4O2. The van der Waals surface area contributed by atoms with Gasteiger partial charge in [-0.25, -0.2) is 9.50 Å². The summed E-state index contributed by atoms with van der Waals surface area (Å²) in [6.07, 6.45) is 1.38. The molecule has 3 aromatic heterocycles. The van der Waals surface area contributed by atoms with E-state index < -0.39 is 0 Å².